The standard InChI is InChI=1S/C16H16INS2/c1-2-18-14(12-8-16(17)20-10-12)7-11-9-19-15-6-4-3-5-13(11)15/h3-6,8-10,14,18H,2,7H2,1H3. The Labute approximate surface area is 141 Å². The SMILES string of the molecule is CCNC(Cc1csc2ccccc12)c1csc(I)c1. The minimum absolute atomic E-state index is 0.415. The number of benzene rings is 1. The van der Waals surface area contributed by atoms with Crippen molar-refractivity contribution >= 4 is 55.4 Å². The molecule has 1 N–H and O–H groups in total. The summed E-state index contributed by atoms with van der Waals surface area (Å²) in [6, 6.07) is 11.4. The van der Waals surface area contributed by atoms with E-state index >= 15 is 0 Å². The minimum Gasteiger partial charge on any atom is -0.310 e. The van der Waals surface area contributed by atoms with Crippen molar-refractivity contribution in [3.05, 3.63) is 55.1 Å². The molecule has 0 bridgehead atoms. The van der Waals surface area contributed by atoms with Crippen LogP contribution in [0.4, 0.5) is 0 Å². The highest BCUT2D eigenvalue weighted by Crippen LogP contribution is 2.31. The van der Waals surface area contributed by atoms with Gasteiger partial charge < -0.3 is 5.32 Å². The summed E-state index contributed by atoms with van der Waals surface area (Å²) in [6.45, 7) is 3.18. The van der Waals surface area contributed by atoms with Crippen molar-refractivity contribution in [1.82, 2.24) is 5.32 Å². The summed E-state index contributed by atoms with van der Waals surface area (Å²) >= 11 is 6.07. The van der Waals surface area contributed by atoms with Crippen LogP contribution in [-0.2, 0) is 6.42 Å². The zero-order valence-corrected chi connectivity index (χ0v) is 15.0. The molecule has 2 heterocycles. The number of thiophene rings is 2. The lowest BCUT2D eigenvalue weighted by Crippen LogP contribution is -2.22. The third-order valence-electron chi connectivity index (χ3n) is 3.43. The van der Waals surface area contributed by atoms with Gasteiger partial charge in [-0.15, -0.1) is 22.7 Å². The fourth-order valence-electron chi connectivity index (χ4n) is 2.47. The highest BCUT2D eigenvalue weighted by molar-refractivity contribution is 14.1. The molecule has 20 heavy (non-hydrogen) atoms. The minimum atomic E-state index is 0.415. The van der Waals surface area contributed by atoms with Crippen molar-refractivity contribution < 1.29 is 0 Å². The van der Waals surface area contributed by atoms with E-state index < -0.39 is 0 Å². The van der Waals surface area contributed by atoms with E-state index in [1.807, 2.05) is 22.7 Å². The van der Waals surface area contributed by atoms with E-state index in [0.29, 0.717) is 6.04 Å². The van der Waals surface area contributed by atoms with E-state index in [2.05, 4.69) is 75.9 Å². The van der Waals surface area contributed by atoms with Crippen LogP contribution in [-0.4, -0.2) is 6.54 Å². The van der Waals surface area contributed by atoms with Gasteiger partial charge in [-0.25, -0.2) is 0 Å². The molecule has 1 nitrogen and oxygen atoms in total. The second-order valence-electron chi connectivity index (χ2n) is 4.76. The van der Waals surface area contributed by atoms with Crippen LogP contribution < -0.4 is 5.32 Å². The van der Waals surface area contributed by atoms with Crippen molar-refractivity contribution in [1.29, 1.82) is 0 Å². The summed E-state index contributed by atoms with van der Waals surface area (Å²) in [6.07, 6.45) is 1.06. The van der Waals surface area contributed by atoms with Gasteiger partial charge in [0.05, 0.1) is 2.88 Å². The third-order valence-corrected chi connectivity index (χ3v) is 6.25. The lowest BCUT2D eigenvalue weighted by Gasteiger charge is -2.16. The predicted molar refractivity (Wildman–Crippen MR) is 99.0 cm³/mol. The average Bonchev–Trinajstić information content (AvgIpc) is 3.05. The van der Waals surface area contributed by atoms with E-state index in [0.717, 1.165) is 13.0 Å². The molecule has 0 fully saturated rings. The molecule has 0 radical (unpaired) electrons. The monoisotopic (exact) mass is 413 g/mol. The molecule has 0 aliphatic carbocycles. The number of likely N-dealkylation sites (N-methyl/N-ethyl adjacent to an activating group) is 1. The predicted octanol–water partition coefficient (Wildman–Crippen LogP) is 5.46. The number of rotatable bonds is 5. The summed E-state index contributed by atoms with van der Waals surface area (Å²) in [5.41, 5.74) is 2.87. The molecule has 0 saturated heterocycles. The smallest absolute Gasteiger partial charge is 0.0656 e. The largest absolute Gasteiger partial charge is 0.310 e. The molecule has 104 valence electrons. The Morgan fingerprint density at radius 3 is 2.80 bits per heavy atom. The van der Waals surface area contributed by atoms with Crippen molar-refractivity contribution in [2.24, 2.45) is 0 Å². The molecule has 3 aromatic rings. The quantitative estimate of drug-likeness (QED) is 0.548. The first kappa shape index (κ1) is 14.5. The van der Waals surface area contributed by atoms with Gasteiger partial charge in [-0.1, -0.05) is 25.1 Å². The average molecular weight is 413 g/mol. The van der Waals surface area contributed by atoms with E-state index in [9.17, 15) is 0 Å². The topological polar surface area (TPSA) is 12.0 Å². The Kier molecular flexibility index (Phi) is 4.75. The van der Waals surface area contributed by atoms with Crippen LogP contribution in [0.2, 0.25) is 0 Å². The van der Waals surface area contributed by atoms with E-state index in [4.69, 9.17) is 0 Å². The molecule has 0 spiro atoms. The normalized spacial score (nSPS) is 12.9. The first-order chi connectivity index (χ1) is 9.78. The van der Waals surface area contributed by atoms with Crippen molar-refractivity contribution in [3.8, 4) is 0 Å². The van der Waals surface area contributed by atoms with Crippen molar-refractivity contribution in [3.63, 3.8) is 0 Å². The maximum atomic E-state index is 3.62. The molecule has 1 unspecified atom stereocenters. The molecule has 0 aliphatic heterocycles. The first-order valence-electron chi connectivity index (χ1n) is 6.70. The van der Waals surface area contributed by atoms with Crippen LogP contribution >= 0.6 is 45.3 Å². The number of halogens is 1. The third kappa shape index (κ3) is 3.08. The summed E-state index contributed by atoms with van der Waals surface area (Å²) in [5.74, 6) is 0. The van der Waals surface area contributed by atoms with E-state index in [1.54, 1.807) is 0 Å². The lowest BCUT2D eigenvalue weighted by atomic mass is 10.0. The summed E-state index contributed by atoms with van der Waals surface area (Å²) in [7, 11) is 0. The van der Waals surface area contributed by atoms with Gasteiger partial charge in [-0.3, -0.25) is 0 Å². The zero-order valence-electron chi connectivity index (χ0n) is 11.2. The van der Waals surface area contributed by atoms with Gasteiger partial charge in [0.25, 0.3) is 0 Å². The zero-order chi connectivity index (χ0) is 13.9. The highest BCUT2D eigenvalue weighted by Gasteiger charge is 2.15. The van der Waals surface area contributed by atoms with Gasteiger partial charge in [-0.2, -0.15) is 0 Å². The molecule has 0 amide bonds. The lowest BCUT2D eigenvalue weighted by molar-refractivity contribution is 0.553. The van der Waals surface area contributed by atoms with Gasteiger partial charge in [0.1, 0.15) is 0 Å². The Morgan fingerprint density at radius 2 is 2.05 bits per heavy atom. The maximum absolute atomic E-state index is 3.62. The molecule has 4 heteroatoms. The van der Waals surface area contributed by atoms with Gasteiger partial charge in [0, 0.05) is 10.7 Å². The van der Waals surface area contributed by atoms with Crippen molar-refractivity contribution in [2.45, 2.75) is 19.4 Å². The van der Waals surface area contributed by atoms with Crippen LogP contribution in [0.15, 0.2) is 41.1 Å². The fourth-order valence-corrected chi connectivity index (χ4v) is 4.87. The van der Waals surface area contributed by atoms with Crippen LogP contribution in [0.25, 0.3) is 10.1 Å². The van der Waals surface area contributed by atoms with Crippen LogP contribution in [0, 0.1) is 2.88 Å². The molecule has 0 saturated carbocycles. The number of hydrogen-bond donors (Lipinski definition) is 1. The summed E-state index contributed by atoms with van der Waals surface area (Å²) in [4.78, 5) is 0. The van der Waals surface area contributed by atoms with Crippen LogP contribution in [0.1, 0.15) is 24.1 Å². The second kappa shape index (κ2) is 6.56. The highest BCUT2D eigenvalue weighted by atomic mass is 127. The molecular formula is C16H16INS2. The van der Waals surface area contributed by atoms with Gasteiger partial charge >= 0.3 is 0 Å². The molecule has 2 aromatic heterocycles. The second-order valence-corrected chi connectivity index (χ2v) is 8.47. The molecule has 3 rings (SSSR count). The first-order valence-corrected chi connectivity index (χ1v) is 9.54. The number of nitrogens with one attached hydrogen (secondary N) is 1. The van der Waals surface area contributed by atoms with E-state index in [-0.39, 0.29) is 0 Å². The van der Waals surface area contributed by atoms with Gasteiger partial charge in [-0.05, 0) is 75.0 Å². The van der Waals surface area contributed by atoms with Crippen LogP contribution in [0.5, 0.6) is 0 Å². The summed E-state index contributed by atoms with van der Waals surface area (Å²) in [5, 5.41) is 9.62. The Hall–Kier alpha value is -0.430. The molecule has 1 atom stereocenters. The number of fused-ring (bicyclic) bond motifs is 1. The molecule has 0 aliphatic rings. The number of hydrogen-bond acceptors (Lipinski definition) is 3. The maximum Gasteiger partial charge on any atom is 0.0656 e. The molecule has 1 aromatic carbocycles. The van der Waals surface area contributed by atoms with Gasteiger partial charge in [0.2, 0.25) is 0 Å². The Balaban J connectivity index is 1.90. The van der Waals surface area contributed by atoms with Crippen LogP contribution in [0.3, 0.4) is 0 Å². The Morgan fingerprint density at radius 1 is 1.20 bits per heavy atom. The van der Waals surface area contributed by atoms with Crippen molar-refractivity contribution in [2.75, 3.05) is 6.54 Å². The molecular weight excluding hydrogens is 397 g/mol. The van der Waals surface area contributed by atoms with E-state index in [1.165, 1.54) is 24.1 Å². The Bertz CT molecular complexity index is 701. The summed E-state index contributed by atoms with van der Waals surface area (Å²) < 4.78 is 2.74. The van der Waals surface area contributed by atoms with Gasteiger partial charge in [0.15, 0.2) is 0 Å². The fraction of sp³-hybridized carbons (Fsp3) is 0.250.